The number of nitrogens with one attached hydrogen (secondary N) is 1. The van der Waals surface area contributed by atoms with E-state index in [4.69, 9.17) is 4.74 Å². The predicted octanol–water partition coefficient (Wildman–Crippen LogP) is 1.79. The van der Waals surface area contributed by atoms with Gasteiger partial charge in [-0.25, -0.2) is 0 Å². The number of carbonyl (C=O) groups is 1. The van der Waals surface area contributed by atoms with Crippen LogP contribution in [0.1, 0.15) is 47.0 Å². The van der Waals surface area contributed by atoms with Crippen LogP contribution in [0.5, 0.6) is 0 Å². The summed E-state index contributed by atoms with van der Waals surface area (Å²) >= 11 is 0. The molecule has 0 amide bonds. The van der Waals surface area contributed by atoms with Crippen molar-refractivity contribution < 1.29 is 9.53 Å². The summed E-state index contributed by atoms with van der Waals surface area (Å²) in [6, 6.07) is 1.10. The number of esters is 1. The van der Waals surface area contributed by atoms with Gasteiger partial charge in [0.05, 0.1) is 6.61 Å². The molecule has 1 fully saturated rings. The second kappa shape index (κ2) is 6.53. The first-order chi connectivity index (χ1) is 8.44. The van der Waals surface area contributed by atoms with Crippen LogP contribution in [0, 0.1) is 0 Å². The minimum atomic E-state index is -0.576. The Hall–Kier alpha value is -0.610. The summed E-state index contributed by atoms with van der Waals surface area (Å²) in [5, 5.41) is 3.29. The minimum absolute atomic E-state index is 0.136. The molecule has 4 nitrogen and oxygen atoms in total. The Kier molecular flexibility index (Phi) is 5.60. The molecule has 0 aliphatic heterocycles. The Morgan fingerprint density at radius 2 is 2.11 bits per heavy atom. The highest BCUT2D eigenvalue weighted by Crippen LogP contribution is 2.29. The largest absolute Gasteiger partial charge is 0.465 e. The Balaban J connectivity index is 2.62. The van der Waals surface area contributed by atoms with Gasteiger partial charge in [-0.2, -0.15) is 0 Å². The molecule has 0 aromatic carbocycles. The topological polar surface area (TPSA) is 41.6 Å². The van der Waals surface area contributed by atoms with E-state index < -0.39 is 5.54 Å². The molecule has 0 bridgehead atoms. The molecule has 0 saturated heterocycles. The third-order valence-corrected chi connectivity index (χ3v) is 3.81. The number of rotatable bonds is 8. The molecule has 0 aromatic heterocycles. The van der Waals surface area contributed by atoms with Gasteiger partial charge in [0.15, 0.2) is 0 Å². The zero-order chi connectivity index (χ0) is 13.8. The van der Waals surface area contributed by atoms with Crippen LogP contribution in [0.15, 0.2) is 0 Å². The molecule has 1 N–H and O–H groups in total. The van der Waals surface area contributed by atoms with E-state index in [-0.39, 0.29) is 5.97 Å². The van der Waals surface area contributed by atoms with E-state index in [1.54, 1.807) is 0 Å². The van der Waals surface area contributed by atoms with Crippen molar-refractivity contribution in [3.63, 3.8) is 0 Å². The van der Waals surface area contributed by atoms with Gasteiger partial charge in [0.25, 0.3) is 0 Å². The van der Waals surface area contributed by atoms with E-state index in [9.17, 15) is 4.79 Å². The van der Waals surface area contributed by atoms with Crippen molar-refractivity contribution in [1.82, 2.24) is 10.2 Å². The SMILES string of the molecule is CCNC(C)(CC(C)N(C)C1CC1)C(=O)OCC. The lowest BCUT2D eigenvalue weighted by Gasteiger charge is -2.34. The fourth-order valence-electron chi connectivity index (χ4n) is 2.48. The van der Waals surface area contributed by atoms with Crippen LogP contribution < -0.4 is 5.32 Å². The van der Waals surface area contributed by atoms with E-state index in [2.05, 4.69) is 24.2 Å². The summed E-state index contributed by atoms with van der Waals surface area (Å²) in [4.78, 5) is 14.5. The molecule has 1 saturated carbocycles. The standard InChI is InChI=1S/C14H28N2O2/c1-6-15-14(4,13(17)18-7-2)10-11(3)16(5)12-8-9-12/h11-12,15H,6-10H2,1-5H3. The van der Waals surface area contributed by atoms with Crippen molar-refractivity contribution in [2.24, 2.45) is 0 Å². The highest BCUT2D eigenvalue weighted by molar-refractivity contribution is 5.80. The molecule has 0 heterocycles. The third kappa shape index (κ3) is 3.95. The molecule has 0 spiro atoms. The van der Waals surface area contributed by atoms with Crippen molar-refractivity contribution in [3.8, 4) is 0 Å². The number of hydrogen-bond acceptors (Lipinski definition) is 4. The highest BCUT2D eigenvalue weighted by atomic mass is 16.5. The molecular weight excluding hydrogens is 228 g/mol. The first-order valence-corrected chi connectivity index (χ1v) is 7.08. The van der Waals surface area contributed by atoms with E-state index in [0.717, 1.165) is 13.0 Å². The number of carbonyl (C=O) groups excluding carboxylic acids is 1. The first kappa shape index (κ1) is 15.4. The second-order valence-electron chi connectivity index (χ2n) is 5.53. The van der Waals surface area contributed by atoms with Crippen molar-refractivity contribution in [3.05, 3.63) is 0 Å². The lowest BCUT2D eigenvalue weighted by molar-refractivity contribution is -0.151. The number of nitrogens with zero attached hydrogens (tertiary/aromatic N) is 1. The van der Waals surface area contributed by atoms with Crippen LogP contribution in [-0.2, 0) is 9.53 Å². The fourth-order valence-corrected chi connectivity index (χ4v) is 2.48. The van der Waals surface area contributed by atoms with Crippen LogP contribution >= 0.6 is 0 Å². The molecule has 1 aliphatic carbocycles. The van der Waals surface area contributed by atoms with Crippen LogP contribution in [0.2, 0.25) is 0 Å². The van der Waals surface area contributed by atoms with E-state index in [0.29, 0.717) is 18.7 Å². The van der Waals surface area contributed by atoms with E-state index >= 15 is 0 Å². The van der Waals surface area contributed by atoms with Gasteiger partial charge in [-0.05, 0) is 53.6 Å². The van der Waals surface area contributed by atoms with Crippen LogP contribution in [-0.4, -0.2) is 48.7 Å². The fraction of sp³-hybridized carbons (Fsp3) is 0.929. The Labute approximate surface area is 111 Å². The Morgan fingerprint density at radius 1 is 1.50 bits per heavy atom. The molecule has 18 heavy (non-hydrogen) atoms. The van der Waals surface area contributed by atoms with E-state index in [1.807, 2.05) is 20.8 Å². The lowest BCUT2D eigenvalue weighted by atomic mass is 9.92. The van der Waals surface area contributed by atoms with Gasteiger partial charge >= 0.3 is 5.97 Å². The molecule has 2 atom stereocenters. The summed E-state index contributed by atoms with van der Waals surface area (Å²) in [6.45, 7) is 9.22. The average Bonchev–Trinajstić information content (AvgIpc) is 3.12. The zero-order valence-electron chi connectivity index (χ0n) is 12.5. The van der Waals surface area contributed by atoms with Crippen LogP contribution in [0.4, 0.5) is 0 Å². The van der Waals surface area contributed by atoms with E-state index in [1.165, 1.54) is 12.8 Å². The normalized spacial score (nSPS) is 20.6. The van der Waals surface area contributed by atoms with Gasteiger partial charge in [-0.1, -0.05) is 6.92 Å². The van der Waals surface area contributed by atoms with Gasteiger partial charge in [-0.15, -0.1) is 0 Å². The maximum absolute atomic E-state index is 12.1. The van der Waals surface area contributed by atoms with Crippen molar-refractivity contribution >= 4 is 5.97 Å². The number of ether oxygens (including phenoxy) is 1. The summed E-state index contributed by atoms with van der Waals surface area (Å²) < 4.78 is 5.20. The molecule has 4 heteroatoms. The van der Waals surface area contributed by atoms with Crippen molar-refractivity contribution in [1.29, 1.82) is 0 Å². The van der Waals surface area contributed by atoms with Gasteiger partial charge < -0.3 is 15.0 Å². The zero-order valence-corrected chi connectivity index (χ0v) is 12.5. The molecule has 0 radical (unpaired) electrons. The number of likely N-dealkylation sites (N-methyl/N-ethyl adjacent to an activating group) is 1. The monoisotopic (exact) mass is 256 g/mol. The summed E-state index contributed by atoms with van der Waals surface area (Å²) in [5.41, 5.74) is -0.576. The summed E-state index contributed by atoms with van der Waals surface area (Å²) in [6.07, 6.45) is 3.36. The number of hydrogen-bond donors (Lipinski definition) is 1. The van der Waals surface area contributed by atoms with Gasteiger partial charge in [-0.3, -0.25) is 4.79 Å². The van der Waals surface area contributed by atoms with Crippen LogP contribution in [0.25, 0.3) is 0 Å². The van der Waals surface area contributed by atoms with Crippen molar-refractivity contribution in [2.75, 3.05) is 20.2 Å². The molecule has 1 aliphatic rings. The first-order valence-electron chi connectivity index (χ1n) is 7.08. The molecule has 0 aromatic rings. The quantitative estimate of drug-likeness (QED) is 0.672. The lowest BCUT2D eigenvalue weighted by Crippen LogP contribution is -2.54. The third-order valence-electron chi connectivity index (χ3n) is 3.81. The predicted molar refractivity (Wildman–Crippen MR) is 73.6 cm³/mol. The molecule has 106 valence electrons. The average molecular weight is 256 g/mol. The summed E-state index contributed by atoms with van der Waals surface area (Å²) in [7, 11) is 2.15. The smallest absolute Gasteiger partial charge is 0.326 e. The Morgan fingerprint density at radius 3 is 2.56 bits per heavy atom. The molecular formula is C14H28N2O2. The molecule has 1 rings (SSSR count). The Bertz CT molecular complexity index is 279. The maximum Gasteiger partial charge on any atom is 0.326 e. The van der Waals surface area contributed by atoms with Gasteiger partial charge in [0.1, 0.15) is 5.54 Å². The minimum Gasteiger partial charge on any atom is -0.465 e. The maximum atomic E-state index is 12.1. The second-order valence-corrected chi connectivity index (χ2v) is 5.53. The van der Waals surface area contributed by atoms with Gasteiger partial charge in [0.2, 0.25) is 0 Å². The molecule has 2 unspecified atom stereocenters. The van der Waals surface area contributed by atoms with Crippen molar-refractivity contribution in [2.45, 2.75) is 64.6 Å². The van der Waals surface area contributed by atoms with Crippen LogP contribution in [0.3, 0.4) is 0 Å². The highest BCUT2D eigenvalue weighted by Gasteiger charge is 2.38. The summed E-state index contributed by atoms with van der Waals surface area (Å²) in [5.74, 6) is -0.136. The van der Waals surface area contributed by atoms with Gasteiger partial charge in [0, 0.05) is 12.1 Å².